The maximum absolute atomic E-state index is 12.5. The van der Waals surface area contributed by atoms with E-state index in [-0.39, 0.29) is 5.91 Å². The molecule has 118 valence electrons. The average molecular weight is 298 g/mol. The van der Waals surface area contributed by atoms with Crippen LogP contribution >= 0.6 is 0 Å². The van der Waals surface area contributed by atoms with Gasteiger partial charge in [-0.05, 0) is 48.9 Å². The molecule has 1 aliphatic carbocycles. The maximum Gasteiger partial charge on any atom is 0.251 e. The van der Waals surface area contributed by atoms with Crippen LogP contribution < -0.4 is 5.32 Å². The molecule has 3 aliphatic rings. The van der Waals surface area contributed by atoms with Gasteiger partial charge in [0.05, 0.1) is 0 Å². The molecule has 0 unspecified atom stereocenters. The molecule has 2 aliphatic heterocycles. The van der Waals surface area contributed by atoms with E-state index < -0.39 is 0 Å². The van der Waals surface area contributed by atoms with Crippen LogP contribution in [0.5, 0.6) is 0 Å². The van der Waals surface area contributed by atoms with Gasteiger partial charge in [-0.3, -0.25) is 4.79 Å². The lowest BCUT2D eigenvalue weighted by Gasteiger charge is -2.23. The molecule has 1 amide bonds. The van der Waals surface area contributed by atoms with Crippen LogP contribution in [-0.4, -0.2) is 37.5 Å². The fraction of sp³-hybridized carbons (Fsp3) is 0.632. The lowest BCUT2D eigenvalue weighted by atomic mass is 9.81. The minimum Gasteiger partial charge on any atom is -0.352 e. The van der Waals surface area contributed by atoms with E-state index in [4.69, 9.17) is 0 Å². The number of benzene rings is 1. The number of nitrogens with zero attached hydrogens (tertiary/aromatic N) is 1. The molecule has 1 saturated heterocycles. The second kappa shape index (κ2) is 5.69. The summed E-state index contributed by atoms with van der Waals surface area (Å²) in [6.45, 7) is 2.99. The Kier molecular flexibility index (Phi) is 3.69. The van der Waals surface area contributed by atoms with Gasteiger partial charge in [0.2, 0.25) is 0 Å². The van der Waals surface area contributed by atoms with Crippen molar-refractivity contribution in [3.8, 4) is 0 Å². The number of carbonyl (C=O) groups excluding carboxylic acids is 1. The molecule has 2 atom stereocenters. The summed E-state index contributed by atoms with van der Waals surface area (Å²) in [5.41, 5.74) is 3.62. The van der Waals surface area contributed by atoms with Crippen LogP contribution in [0.2, 0.25) is 0 Å². The number of fused-ring (bicyclic) bond motifs is 3. The number of nitrogens with one attached hydrogen (secondary N) is 1. The first-order chi connectivity index (χ1) is 10.7. The molecule has 1 aromatic rings. The summed E-state index contributed by atoms with van der Waals surface area (Å²) in [5, 5.41) is 3.16. The first-order valence-electron chi connectivity index (χ1n) is 8.83. The Bertz CT molecular complexity index is 577. The van der Waals surface area contributed by atoms with Crippen LogP contribution in [0, 0.1) is 5.92 Å². The minimum atomic E-state index is 0.143. The zero-order valence-electron chi connectivity index (χ0n) is 13.5. The van der Waals surface area contributed by atoms with Crippen LogP contribution in [0.4, 0.5) is 0 Å². The molecule has 0 bridgehead atoms. The first kappa shape index (κ1) is 14.3. The predicted octanol–water partition coefficient (Wildman–Crippen LogP) is 3.12. The first-order valence-corrected chi connectivity index (χ1v) is 8.83. The van der Waals surface area contributed by atoms with Gasteiger partial charge in [-0.15, -0.1) is 0 Å². The molecule has 0 spiro atoms. The van der Waals surface area contributed by atoms with Crippen molar-refractivity contribution in [2.45, 2.75) is 43.9 Å². The maximum atomic E-state index is 12.5. The molecule has 2 fully saturated rings. The fourth-order valence-electron chi connectivity index (χ4n) is 4.75. The van der Waals surface area contributed by atoms with Crippen LogP contribution in [-0.2, 0) is 0 Å². The molecule has 0 aromatic heterocycles. The van der Waals surface area contributed by atoms with Crippen molar-refractivity contribution < 1.29 is 4.79 Å². The van der Waals surface area contributed by atoms with Gasteiger partial charge in [0.25, 0.3) is 5.91 Å². The number of likely N-dealkylation sites (N-methyl/N-ethyl adjacent to an activating group) is 1. The van der Waals surface area contributed by atoms with E-state index in [0.29, 0.717) is 17.8 Å². The van der Waals surface area contributed by atoms with E-state index in [1.165, 1.54) is 43.2 Å². The SMILES string of the molecule is CN1C[C@@H]2CNC(=O)c3cc(C4CCCCC4)ccc3[C@H]2C1. The Morgan fingerprint density at radius 3 is 2.77 bits per heavy atom. The molecular weight excluding hydrogens is 272 g/mol. The lowest BCUT2D eigenvalue weighted by Crippen LogP contribution is -2.29. The van der Waals surface area contributed by atoms with E-state index >= 15 is 0 Å². The molecule has 2 heterocycles. The van der Waals surface area contributed by atoms with Gasteiger partial charge in [0.1, 0.15) is 0 Å². The molecular formula is C19H26N2O. The second-order valence-electron chi connectivity index (χ2n) is 7.48. The second-order valence-corrected chi connectivity index (χ2v) is 7.48. The summed E-state index contributed by atoms with van der Waals surface area (Å²) in [6.07, 6.45) is 6.62. The molecule has 3 heteroatoms. The van der Waals surface area contributed by atoms with Crippen molar-refractivity contribution in [1.82, 2.24) is 10.2 Å². The van der Waals surface area contributed by atoms with Gasteiger partial charge in [-0.25, -0.2) is 0 Å². The van der Waals surface area contributed by atoms with Gasteiger partial charge in [0, 0.05) is 31.1 Å². The Hall–Kier alpha value is -1.35. The van der Waals surface area contributed by atoms with E-state index in [0.717, 1.165) is 25.2 Å². The number of likely N-dealkylation sites (tertiary alicyclic amines) is 1. The van der Waals surface area contributed by atoms with Crippen LogP contribution in [0.15, 0.2) is 18.2 Å². The summed E-state index contributed by atoms with van der Waals surface area (Å²) in [7, 11) is 2.19. The van der Waals surface area contributed by atoms with Crippen LogP contribution in [0.1, 0.15) is 65.4 Å². The highest BCUT2D eigenvalue weighted by molar-refractivity contribution is 5.96. The monoisotopic (exact) mass is 298 g/mol. The number of hydrogen-bond donors (Lipinski definition) is 1. The average Bonchev–Trinajstić information content (AvgIpc) is 2.88. The highest BCUT2D eigenvalue weighted by Crippen LogP contribution is 2.38. The van der Waals surface area contributed by atoms with E-state index in [2.05, 4.69) is 35.5 Å². The van der Waals surface area contributed by atoms with Crippen molar-refractivity contribution in [3.63, 3.8) is 0 Å². The third kappa shape index (κ3) is 2.45. The number of hydrogen-bond acceptors (Lipinski definition) is 2. The quantitative estimate of drug-likeness (QED) is 0.864. The van der Waals surface area contributed by atoms with Gasteiger partial charge in [-0.2, -0.15) is 0 Å². The fourth-order valence-corrected chi connectivity index (χ4v) is 4.75. The summed E-state index contributed by atoms with van der Waals surface area (Å²) in [5.74, 6) is 1.89. The molecule has 3 nitrogen and oxygen atoms in total. The smallest absolute Gasteiger partial charge is 0.251 e. The minimum absolute atomic E-state index is 0.143. The third-order valence-electron chi connectivity index (χ3n) is 5.95. The zero-order chi connectivity index (χ0) is 15.1. The van der Waals surface area contributed by atoms with Gasteiger partial charge >= 0.3 is 0 Å². The highest BCUT2D eigenvalue weighted by atomic mass is 16.1. The Morgan fingerprint density at radius 2 is 1.95 bits per heavy atom. The van der Waals surface area contributed by atoms with Crippen molar-refractivity contribution in [2.24, 2.45) is 5.92 Å². The normalized spacial score (nSPS) is 29.6. The predicted molar refractivity (Wildman–Crippen MR) is 88.3 cm³/mol. The molecule has 1 N–H and O–H groups in total. The number of carbonyl (C=O) groups is 1. The lowest BCUT2D eigenvalue weighted by molar-refractivity contribution is 0.0951. The standard InChI is InChI=1S/C19H26N2O/c1-21-11-15-10-20-19(22)17-9-14(13-5-3-2-4-6-13)7-8-16(17)18(15)12-21/h7-9,13,15,18H,2-6,10-12H2,1H3,(H,20,22)/t15-,18-/m0/s1. The Morgan fingerprint density at radius 1 is 1.14 bits per heavy atom. The van der Waals surface area contributed by atoms with Gasteiger partial charge < -0.3 is 10.2 Å². The molecule has 22 heavy (non-hydrogen) atoms. The summed E-state index contributed by atoms with van der Waals surface area (Å²) in [4.78, 5) is 14.9. The van der Waals surface area contributed by atoms with Crippen molar-refractivity contribution >= 4 is 5.91 Å². The van der Waals surface area contributed by atoms with Crippen LogP contribution in [0.3, 0.4) is 0 Å². The molecule has 1 saturated carbocycles. The van der Waals surface area contributed by atoms with Crippen molar-refractivity contribution in [2.75, 3.05) is 26.7 Å². The van der Waals surface area contributed by atoms with Crippen molar-refractivity contribution in [1.29, 1.82) is 0 Å². The highest BCUT2D eigenvalue weighted by Gasteiger charge is 2.37. The van der Waals surface area contributed by atoms with Crippen LogP contribution in [0.25, 0.3) is 0 Å². The summed E-state index contributed by atoms with van der Waals surface area (Å²) < 4.78 is 0. The van der Waals surface area contributed by atoms with Crippen molar-refractivity contribution in [3.05, 3.63) is 34.9 Å². The Balaban J connectivity index is 1.70. The van der Waals surface area contributed by atoms with Gasteiger partial charge in [0.15, 0.2) is 0 Å². The molecule has 1 aromatic carbocycles. The zero-order valence-corrected chi connectivity index (χ0v) is 13.5. The third-order valence-corrected chi connectivity index (χ3v) is 5.95. The summed E-state index contributed by atoms with van der Waals surface area (Å²) in [6, 6.07) is 6.78. The molecule has 4 rings (SSSR count). The van der Waals surface area contributed by atoms with Gasteiger partial charge in [-0.1, -0.05) is 31.4 Å². The number of amides is 1. The topological polar surface area (TPSA) is 32.3 Å². The van der Waals surface area contributed by atoms with E-state index in [1.54, 1.807) is 0 Å². The number of rotatable bonds is 1. The van der Waals surface area contributed by atoms with E-state index in [1.807, 2.05) is 0 Å². The summed E-state index contributed by atoms with van der Waals surface area (Å²) >= 11 is 0. The Labute approximate surface area is 133 Å². The largest absolute Gasteiger partial charge is 0.352 e. The van der Waals surface area contributed by atoms with E-state index in [9.17, 15) is 4.79 Å². The molecule has 0 radical (unpaired) electrons.